The van der Waals surface area contributed by atoms with Crippen LogP contribution in [-0.2, 0) is 5.92 Å². The molecule has 0 aliphatic rings. The van der Waals surface area contributed by atoms with Crippen molar-refractivity contribution in [2.24, 2.45) is 0 Å². The molecule has 2 nitrogen and oxygen atoms in total. The molecule has 0 bridgehead atoms. The standard InChI is InChI=1S/C5H4BrF2NO/c1-5(7,8)4-9-2-3(6)10-4/h2H,1H3. The van der Waals surface area contributed by atoms with Crippen molar-refractivity contribution in [3.63, 3.8) is 0 Å². The van der Waals surface area contributed by atoms with Gasteiger partial charge in [-0.3, -0.25) is 0 Å². The van der Waals surface area contributed by atoms with Crippen molar-refractivity contribution in [1.29, 1.82) is 0 Å². The van der Waals surface area contributed by atoms with Gasteiger partial charge in [0.15, 0.2) is 4.67 Å². The molecule has 5 heteroatoms. The van der Waals surface area contributed by atoms with Gasteiger partial charge in [0.2, 0.25) is 0 Å². The number of hydrogen-bond donors (Lipinski definition) is 0. The second kappa shape index (κ2) is 2.30. The molecule has 56 valence electrons. The smallest absolute Gasteiger partial charge is 0.319 e. The second-order valence-corrected chi connectivity index (χ2v) is 2.64. The predicted molar refractivity (Wildman–Crippen MR) is 33.8 cm³/mol. The third kappa shape index (κ3) is 1.53. The van der Waals surface area contributed by atoms with Crippen LogP contribution < -0.4 is 0 Å². The maximum Gasteiger partial charge on any atom is 0.319 e. The zero-order valence-electron chi connectivity index (χ0n) is 5.07. The van der Waals surface area contributed by atoms with Crippen LogP contribution in [0.3, 0.4) is 0 Å². The third-order valence-electron chi connectivity index (χ3n) is 0.853. The lowest BCUT2D eigenvalue weighted by Crippen LogP contribution is -2.06. The van der Waals surface area contributed by atoms with Crippen LogP contribution in [0.5, 0.6) is 0 Å². The van der Waals surface area contributed by atoms with Gasteiger partial charge < -0.3 is 4.42 Å². The summed E-state index contributed by atoms with van der Waals surface area (Å²) in [5.74, 6) is -3.56. The van der Waals surface area contributed by atoms with Gasteiger partial charge in [-0.25, -0.2) is 4.98 Å². The second-order valence-electron chi connectivity index (χ2n) is 1.86. The molecular weight excluding hydrogens is 208 g/mol. The number of oxazole rings is 1. The van der Waals surface area contributed by atoms with Crippen molar-refractivity contribution in [3.8, 4) is 0 Å². The molecule has 0 aliphatic heterocycles. The van der Waals surface area contributed by atoms with Crippen LogP contribution in [0.15, 0.2) is 15.3 Å². The normalized spacial score (nSPS) is 12.0. The quantitative estimate of drug-likeness (QED) is 0.714. The summed E-state index contributed by atoms with van der Waals surface area (Å²) in [6.07, 6.45) is 1.19. The van der Waals surface area contributed by atoms with Crippen LogP contribution in [0.1, 0.15) is 12.8 Å². The number of halogens is 3. The zero-order chi connectivity index (χ0) is 7.78. The number of alkyl halides is 2. The van der Waals surface area contributed by atoms with E-state index in [0.29, 0.717) is 0 Å². The van der Waals surface area contributed by atoms with E-state index < -0.39 is 11.8 Å². The fourth-order valence-corrected chi connectivity index (χ4v) is 0.713. The topological polar surface area (TPSA) is 26.0 Å². The highest BCUT2D eigenvalue weighted by molar-refractivity contribution is 9.10. The van der Waals surface area contributed by atoms with Crippen molar-refractivity contribution in [2.75, 3.05) is 0 Å². The summed E-state index contributed by atoms with van der Waals surface area (Å²) in [4.78, 5) is 3.32. The van der Waals surface area contributed by atoms with Gasteiger partial charge in [-0.15, -0.1) is 0 Å². The Balaban J connectivity index is 2.96. The predicted octanol–water partition coefficient (Wildman–Crippen LogP) is 2.55. The molecule has 1 aromatic rings. The highest BCUT2D eigenvalue weighted by atomic mass is 79.9. The molecule has 0 amide bonds. The van der Waals surface area contributed by atoms with E-state index in [1.807, 2.05) is 0 Å². The third-order valence-corrected chi connectivity index (χ3v) is 1.22. The first kappa shape index (κ1) is 7.65. The zero-order valence-corrected chi connectivity index (χ0v) is 6.65. The maximum atomic E-state index is 12.3. The van der Waals surface area contributed by atoms with Gasteiger partial charge in [-0.05, 0) is 15.9 Å². The monoisotopic (exact) mass is 211 g/mol. The lowest BCUT2D eigenvalue weighted by atomic mass is 10.4. The molecule has 0 spiro atoms. The molecule has 0 fully saturated rings. The van der Waals surface area contributed by atoms with Crippen molar-refractivity contribution < 1.29 is 13.2 Å². The number of rotatable bonds is 1. The minimum Gasteiger partial charge on any atom is -0.428 e. The van der Waals surface area contributed by atoms with E-state index in [1.165, 1.54) is 6.20 Å². The fraction of sp³-hybridized carbons (Fsp3) is 0.400. The lowest BCUT2D eigenvalue weighted by molar-refractivity contribution is -0.0116. The van der Waals surface area contributed by atoms with Crippen molar-refractivity contribution in [1.82, 2.24) is 4.98 Å². The Labute approximate surface area is 64.4 Å². The summed E-state index contributed by atoms with van der Waals surface area (Å²) in [7, 11) is 0. The average molecular weight is 212 g/mol. The first-order chi connectivity index (χ1) is 4.50. The summed E-state index contributed by atoms with van der Waals surface area (Å²) in [5, 5.41) is 0. The summed E-state index contributed by atoms with van der Waals surface area (Å²) in [6.45, 7) is 0.727. The highest BCUT2D eigenvalue weighted by Gasteiger charge is 2.30. The number of hydrogen-bond acceptors (Lipinski definition) is 2. The molecule has 1 aromatic heterocycles. The molecule has 0 aliphatic carbocycles. The molecule has 0 saturated carbocycles. The van der Waals surface area contributed by atoms with Crippen molar-refractivity contribution in [2.45, 2.75) is 12.8 Å². The minimum atomic E-state index is -2.99. The first-order valence-corrected chi connectivity index (χ1v) is 3.29. The Hall–Kier alpha value is -0.450. The van der Waals surface area contributed by atoms with Crippen molar-refractivity contribution >= 4 is 15.9 Å². The van der Waals surface area contributed by atoms with Crippen LogP contribution >= 0.6 is 15.9 Å². The van der Waals surface area contributed by atoms with Crippen molar-refractivity contribution in [3.05, 3.63) is 16.8 Å². The van der Waals surface area contributed by atoms with Crippen LogP contribution in [0, 0.1) is 0 Å². The van der Waals surface area contributed by atoms with Gasteiger partial charge in [0, 0.05) is 6.92 Å². The van der Waals surface area contributed by atoms with E-state index >= 15 is 0 Å². The van der Waals surface area contributed by atoms with Gasteiger partial charge in [-0.1, -0.05) is 0 Å². The summed E-state index contributed by atoms with van der Waals surface area (Å²) >= 11 is 2.86. The summed E-state index contributed by atoms with van der Waals surface area (Å²) in [6, 6.07) is 0. The largest absolute Gasteiger partial charge is 0.428 e. The Morgan fingerprint density at radius 3 is 2.50 bits per heavy atom. The van der Waals surface area contributed by atoms with Gasteiger partial charge in [0.1, 0.15) is 0 Å². The molecule has 10 heavy (non-hydrogen) atoms. The molecule has 0 aromatic carbocycles. The maximum absolute atomic E-state index is 12.3. The number of nitrogens with zero attached hydrogens (tertiary/aromatic N) is 1. The Bertz CT molecular complexity index is 230. The molecule has 0 N–H and O–H groups in total. The molecule has 0 radical (unpaired) electrons. The van der Waals surface area contributed by atoms with Crippen LogP contribution in [0.4, 0.5) is 8.78 Å². The van der Waals surface area contributed by atoms with Crippen LogP contribution in [-0.4, -0.2) is 4.98 Å². The van der Waals surface area contributed by atoms with Gasteiger partial charge in [0.25, 0.3) is 5.89 Å². The van der Waals surface area contributed by atoms with Crippen LogP contribution in [0.25, 0.3) is 0 Å². The SMILES string of the molecule is CC(F)(F)c1ncc(Br)o1. The Morgan fingerprint density at radius 1 is 1.70 bits per heavy atom. The lowest BCUT2D eigenvalue weighted by Gasteiger charge is -2.01. The van der Waals surface area contributed by atoms with E-state index in [2.05, 4.69) is 25.3 Å². The van der Waals surface area contributed by atoms with E-state index in [9.17, 15) is 8.78 Å². The Kier molecular flexibility index (Phi) is 1.76. The molecule has 0 atom stereocenters. The minimum absolute atomic E-state index is 0.212. The van der Waals surface area contributed by atoms with Crippen LogP contribution in [0.2, 0.25) is 0 Å². The van der Waals surface area contributed by atoms with E-state index in [0.717, 1.165) is 6.92 Å². The molecule has 1 heterocycles. The highest BCUT2D eigenvalue weighted by Crippen LogP contribution is 2.27. The van der Waals surface area contributed by atoms with E-state index in [1.54, 1.807) is 0 Å². The Morgan fingerprint density at radius 2 is 2.30 bits per heavy atom. The van der Waals surface area contributed by atoms with Gasteiger partial charge >= 0.3 is 5.92 Å². The van der Waals surface area contributed by atoms with Gasteiger partial charge in [0.05, 0.1) is 6.20 Å². The molecule has 0 saturated heterocycles. The summed E-state index contributed by atoms with van der Waals surface area (Å²) < 4.78 is 29.3. The van der Waals surface area contributed by atoms with Gasteiger partial charge in [-0.2, -0.15) is 8.78 Å². The molecular formula is C5H4BrF2NO. The molecule has 0 unspecified atom stereocenters. The molecule has 1 rings (SSSR count). The van der Waals surface area contributed by atoms with E-state index in [-0.39, 0.29) is 4.67 Å². The summed E-state index contributed by atoms with van der Waals surface area (Å²) in [5.41, 5.74) is 0. The average Bonchev–Trinajstić information content (AvgIpc) is 2.11. The number of aromatic nitrogens is 1. The fourth-order valence-electron chi connectivity index (χ4n) is 0.457. The first-order valence-electron chi connectivity index (χ1n) is 2.50. The van der Waals surface area contributed by atoms with E-state index in [4.69, 9.17) is 0 Å².